The van der Waals surface area contributed by atoms with Gasteiger partial charge >= 0.3 is 0 Å². The fourth-order valence-corrected chi connectivity index (χ4v) is 1.06. The van der Waals surface area contributed by atoms with E-state index in [0.717, 1.165) is 11.4 Å². The highest BCUT2D eigenvalue weighted by molar-refractivity contribution is 5.45. The van der Waals surface area contributed by atoms with Gasteiger partial charge in [-0.15, -0.1) is 0 Å². The van der Waals surface area contributed by atoms with Gasteiger partial charge in [0.25, 0.3) is 0 Å². The van der Waals surface area contributed by atoms with E-state index < -0.39 is 5.60 Å². The molecule has 0 aliphatic rings. The molecule has 0 fully saturated rings. The highest BCUT2D eigenvalue weighted by atomic mass is 16.5. The molecule has 0 amide bonds. The summed E-state index contributed by atoms with van der Waals surface area (Å²) in [6.45, 7) is 4.03. The number of benzene rings is 1. The van der Waals surface area contributed by atoms with Gasteiger partial charge in [0.2, 0.25) is 0 Å². The Balaban J connectivity index is 2.51. The van der Waals surface area contributed by atoms with Crippen molar-refractivity contribution in [3.8, 4) is 5.75 Å². The van der Waals surface area contributed by atoms with E-state index in [1.807, 2.05) is 38.2 Å². The number of aliphatic hydroxyl groups is 1. The van der Waals surface area contributed by atoms with Crippen LogP contribution in [0, 0.1) is 0 Å². The number of hydrogen-bond donors (Lipinski definition) is 2. The van der Waals surface area contributed by atoms with E-state index in [1.165, 1.54) is 0 Å². The molecule has 1 atom stereocenters. The first-order valence-electron chi connectivity index (χ1n) is 5.20. The van der Waals surface area contributed by atoms with Crippen LogP contribution in [0.2, 0.25) is 0 Å². The largest absolute Gasteiger partial charge is 0.491 e. The molecule has 84 valence electrons. The summed E-state index contributed by atoms with van der Waals surface area (Å²) in [5, 5.41) is 12.8. The molecule has 1 unspecified atom stereocenters. The Morgan fingerprint density at radius 1 is 1.33 bits per heavy atom. The molecule has 0 spiro atoms. The molecule has 1 aromatic carbocycles. The summed E-state index contributed by atoms with van der Waals surface area (Å²) in [6.07, 6.45) is 0.682. The number of ether oxygens (including phenoxy) is 1. The molecule has 0 aromatic heterocycles. The molecule has 2 N–H and O–H groups in total. The van der Waals surface area contributed by atoms with Gasteiger partial charge in [0.15, 0.2) is 0 Å². The van der Waals surface area contributed by atoms with Gasteiger partial charge in [-0.2, -0.15) is 0 Å². The van der Waals surface area contributed by atoms with Crippen LogP contribution in [0.15, 0.2) is 24.3 Å². The Bertz CT molecular complexity index is 293. The van der Waals surface area contributed by atoms with Crippen LogP contribution in [0.5, 0.6) is 5.75 Å². The van der Waals surface area contributed by atoms with Gasteiger partial charge in [0.1, 0.15) is 12.4 Å². The van der Waals surface area contributed by atoms with E-state index >= 15 is 0 Å². The van der Waals surface area contributed by atoms with Crippen molar-refractivity contribution in [3.05, 3.63) is 24.3 Å². The first-order valence-corrected chi connectivity index (χ1v) is 5.20. The average Bonchev–Trinajstić information content (AvgIpc) is 2.27. The van der Waals surface area contributed by atoms with Gasteiger partial charge in [-0.05, 0) is 37.6 Å². The fraction of sp³-hybridized carbons (Fsp3) is 0.500. The lowest BCUT2D eigenvalue weighted by molar-refractivity contribution is 0.00847. The second-order valence-electron chi connectivity index (χ2n) is 3.91. The second kappa shape index (κ2) is 5.03. The highest BCUT2D eigenvalue weighted by Crippen LogP contribution is 2.17. The van der Waals surface area contributed by atoms with Crippen LogP contribution in [0.3, 0.4) is 0 Å². The van der Waals surface area contributed by atoms with Crippen LogP contribution in [0.25, 0.3) is 0 Å². The van der Waals surface area contributed by atoms with E-state index in [4.69, 9.17) is 4.74 Å². The Kier molecular flexibility index (Phi) is 3.97. The van der Waals surface area contributed by atoms with Crippen molar-refractivity contribution in [2.75, 3.05) is 19.0 Å². The molecule has 0 saturated carbocycles. The molecular weight excluding hydrogens is 190 g/mol. The third-order valence-electron chi connectivity index (χ3n) is 2.45. The SMILES string of the molecule is CCC(C)(O)COc1ccc(NC)cc1. The van der Waals surface area contributed by atoms with Crippen LogP contribution in [-0.2, 0) is 0 Å². The molecule has 3 heteroatoms. The summed E-state index contributed by atoms with van der Waals surface area (Å²) in [6, 6.07) is 7.65. The summed E-state index contributed by atoms with van der Waals surface area (Å²) in [5.41, 5.74) is 0.298. The van der Waals surface area contributed by atoms with Crippen molar-refractivity contribution < 1.29 is 9.84 Å². The molecule has 3 nitrogen and oxygen atoms in total. The topological polar surface area (TPSA) is 41.5 Å². The lowest BCUT2D eigenvalue weighted by Crippen LogP contribution is -2.31. The zero-order valence-corrected chi connectivity index (χ0v) is 9.58. The monoisotopic (exact) mass is 209 g/mol. The molecule has 0 saturated heterocycles. The van der Waals surface area contributed by atoms with Gasteiger partial charge in [-0.1, -0.05) is 6.92 Å². The Hall–Kier alpha value is -1.22. The zero-order valence-electron chi connectivity index (χ0n) is 9.58. The predicted octanol–water partition coefficient (Wildman–Crippen LogP) is 2.27. The standard InChI is InChI=1S/C12H19NO2/c1-4-12(2,14)9-15-11-7-5-10(13-3)6-8-11/h5-8,13-14H,4,9H2,1-3H3. The molecule has 1 rings (SSSR count). The lowest BCUT2D eigenvalue weighted by Gasteiger charge is -2.21. The quantitative estimate of drug-likeness (QED) is 0.781. The summed E-state index contributed by atoms with van der Waals surface area (Å²) < 4.78 is 5.48. The van der Waals surface area contributed by atoms with Crippen LogP contribution >= 0.6 is 0 Å². The van der Waals surface area contributed by atoms with Crippen molar-refractivity contribution in [1.29, 1.82) is 0 Å². The average molecular weight is 209 g/mol. The third kappa shape index (κ3) is 3.80. The smallest absolute Gasteiger partial charge is 0.119 e. The summed E-state index contributed by atoms with van der Waals surface area (Å²) in [7, 11) is 1.87. The van der Waals surface area contributed by atoms with Gasteiger partial charge < -0.3 is 15.2 Å². The minimum Gasteiger partial charge on any atom is -0.491 e. The lowest BCUT2D eigenvalue weighted by atomic mass is 10.1. The molecule has 0 radical (unpaired) electrons. The minimum atomic E-state index is -0.748. The molecule has 1 aromatic rings. The van der Waals surface area contributed by atoms with E-state index in [1.54, 1.807) is 6.92 Å². The maximum atomic E-state index is 9.75. The first kappa shape index (κ1) is 11.9. The Morgan fingerprint density at radius 2 is 1.93 bits per heavy atom. The number of anilines is 1. The highest BCUT2D eigenvalue weighted by Gasteiger charge is 2.18. The van der Waals surface area contributed by atoms with Gasteiger partial charge in [-0.25, -0.2) is 0 Å². The van der Waals surface area contributed by atoms with Crippen molar-refractivity contribution >= 4 is 5.69 Å². The molecular formula is C12H19NO2. The van der Waals surface area contributed by atoms with E-state index in [2.05, 4.69) is 5.32 Å². The van der Waals surface area contributed by atoms with Gasteiger partial charge in [0.05, 0.1) is 5.60 Å². The van der Waals surface area contributed by atoms with Crippen LogP contribution < -0.4 is 10.1 Å². The number of rotatable bonds is 5. The van der Waals surface area contributed by atoms with E-state index in [-0.39, 0.29) is 0 Å². The van der Waals surface area contributed by atoms with Crippen molar-refractivity contribution in [2.24, 2.45) is 0 Å². The third-order valence-corrected chi connectivity index (χ3v) is 2.45. The van der Waals surface area contributed by atoms with Gasteiger partial charge in [-0.3, -0.25) is 0 Å². The normalized spacial score (nSPS) is 14.4. The molecule has 0 heterocycles. The van der Waals surface area contributed by atoms with Crippen LogP contribution in [0.4, 0.5) is 5.69 Å². The fourth-order valence-electron chi connectivity index (χ4n) is 1.06. The maximum absolute atomic E-state index is 9.75. The predicted molar refractivity (Wildman–Crippen MR) is 62.4 cm³/mol. The Labute approximate surface area is 91.1 Å². The number of nitrogens with one attached hydrogen (secondary N) is 1. The van der Waals surface area contributed by atoms with Crippen LogP contribution in [-0.4, -0.2) is 24.4 Å². The maximum Gasteiger partial charge on any atom is 0.119 e. The zero-order chi connectivity index (χ0) is 11.3. The van der Waals surface area contributed by atoms with Crippen molar-refractivity contribution in [2.45, 2.75) is 25.9 Å². The minimum absolute atomic E-state index is 0.322. The molecule has 0 aliphatic carbocycles. The molecule has 0 bridgehead atoms. The summed E-state index contributed by atoms with van der Waals surface area (Å²) >= 11 is 0. The Morgan fingerprint density at radius 3 is 2.40 bits per heavy atom. The van der Waals surface area contributed by atoms with Gasteiger partial charge in [0, 0.05) is 12.7 Å². The van der Waals surface area contributed by atoms with Crippen molar-refractivity contribution in [1.82, 2.24) is 0 Å². The first-order chi connectivity index (χ1) is 7.07. The molecule has 15 heavy (non-hydrogen) atoms. The summed E-state index contributed by atoms with van der Waals surface area (Å²) in [4.78, 5) is 0. The van der Waals surface area contributed by atoms with Crippen molar-refractivity contribution in [3.63, 3.8) is 0 Å². The second-order valence-corrected chi connectivity index (χ2v) is 3.91. The van der Waals surface area contributed by atoms with E-state index in [0.29, 0.717) is 13.0 Å². The van der Waals surface area contributed by atoms with Crippen LogP contribution in [0.1, 0.15) is 20.3 Å². The summed E-state index contributed by atoms with van der Waals surface area (Å²) in [5.74, 6) is 0.780. The van der Waals surface area contributed by atoms with E-state index in [9.17, 15) is 5.11 Å². The molecule has 0 aliphatic heterocycles. The number of hydrogen-bond acceptors (Lipinski definition) is 3.